The number of nitrogens with zero attached hydrogens (tertiary/aromatic N) is 1. The van der Waals surface area contributed by atoms with Gasteiger partial charge in [-0.1, -0.05) is 71.1 Å². The standard InChI is InChI=1S/C56H87NO16/c1-33-17-13-12-14-18-34(2)45(68-9)29-41-22-20-39(7)56(67,73-41)51(63)52(64)57-24-16-15-19-42(57)53(65)71-46(30-43(60)35(3)26-38(6)49(62)50(70-11)48(61)37(5)25-33)36(4)27-40-21-23-44(47(28-40)69-10)72-54(66)55(8,31-58)32-59/h12-14,17-18,26,33,35-37,39-42,44-47,49-50,58-59,62,67H,15-16,19-25,27-32H2,1-11H3/b14-12?,17-13+,34-18?,38-26+/t33-,35-,36-,37-,39-,40?,41+,42+,44-,45+,46+,47-,49-,50+,56-/m1/s1. The Kier molecular flexibility index (Phi) is 23.9. The lowest BCUT2D eigenvalue weighted by Crippen LogP contribution is -2.61. The summed E-state index contributed by atoms with van der Waals surface area (Å²) in [5, 5.41) is 43.1. The smallest absolute Gasteiger partial charge is 0.329 e. The maximum absolute atomic E-state index is 14.5. The van der Waals surface area contributed by atoms with E-state index in [0.717, 1.165) is 10.5 Å². The van der Waals surface area contributed by atoms with E-state index in [4.69, 9.17) is 28.4 Å². The highest BCUT2D eigenvalue weighted by atomic mass is 16.6. The fourth-order valence-electron chi connectivity index (χ4n) is 10.7. The van der Waals surface area contributed by atoms with Crippen molar-refractivity contribution in [2.45, 2.75) is 187 Å². The number of cyclic esters (lactones) is 1. The molecule has 1 unspecified atom stereocenters. The number of allylic oxidation sites excluding steroid dienone is 6. The van der Waals surface area contributed by atoms with Crippen LogP contribution in [0, 0.1) is 40.9 Å². The van der Waals surface area contributed by atoms with Gasteiger partial charge >= 0.3 is 11.9 Å². The monoisotopic (exact) mass is 1030 g/mol. The predicted octanol–water partition coefficient (Wildman–Crippen LogP) is 5.72. The third-order valence-corrected chi connectivity index (χ3v) is 15.9. The first-order valence-corrected chi connectivity index (χ1v) is 26.4. The topological polar surface area (TPSA) is 242 Å². The summed E-state index contributed by atoms with van der Waals surface area (Å²) in [6.45, 7) is 12.7. The molecule has 1 amide bonds. The van der Waals surface area contributed by atoms with Gasteiger partial charge in [0.15, 0.2) is 5.78 Å². The molecule has 15 atom stereocenters. The van der Waals surface area contributed by atoms with Crippen LogP contribution in [0.3, 0.4) is 0 Å². The number of aliphatic hydroxyl groups is 4. The number of fused-ring (bicyclic) bond motifs is 3. The summed E-state index contributed by atoms with van der Waals surface area (Å²) in [6.07, 6.45) is 9.76. The van der Waals surface area contributed by atoms with E-state index in [1.807, 2.05) is 51.2 Å². The summed E-state index contributed by atoms with van der Waals surface area (Å²) in [7, 11) is 4.43. The maximum Gasteiger partial charge on any atom is 0.329 e. The Labute approximate surface area is 433 Å². The van der Waals surface area contributed by atoms with Crippen molar-refractivity contribution in [2.75, 3.05) is 41.1 Å². The molecule has 0 spiro atoms. The predicted molar refractivity (Wildman–Crippen MR) is 271 cm³/mol. The van der Waals surface area contributed by atoms with E-state index < -0.39 is 120 Å². The average molecular weight is 1030 g/mol. The Bertz CT molecular complexity index is 2010. The lowest BCUT2D eigenvalue weighted by molar-refractivity contribution is -0.265. The Morgan fingerprint density at radius 3 is 2.21 bits per heavy atom. The molecule has 3 aliphatic heterocycles. The summed E-state index contributed by atoms with van der Waals surface area (Å²) in [6, 6.07) is -1.20. The fraction of sp³-hybridized carbons (Fsp3) is 0.750. The average Bonchev–Trinajstić information content (AvgIpc) is 3.37. The fourth-order valence-corrected chi connectivity index (χ4v) is 10.7. The first kappa shape index (κ1) is 61.6. The van der Waals surface area contributed by atoms with Crippen molar-refractivity contribution in [3.8, 4) is 0 Å². The molecule has 4 N–H and O–H groups in total. The lowest BCUT2D eigenvalue weighted by atomic mass is 9.78. The number of methoxy groups -OCH3 is 3. The number of Topliss-reactive ketones (excluding diaryl/α,β-unsaturated/α-hetero) is 3. The summed E-state index contributed by atoms with van der Waals surface area (Å²) in [5.74, 6) is -9.36. The van der Waals surface area contributed by atoms with Crippen LogP contribution in [0.5, 0.6) is 0 Å². The van der Waals surface area contributed by atoms with Crippen LogP contribution in [-0.4, -0.2) is 156 Å². The molecule has 1 aliphatic carbocycles. The van der Waals surface area contributed by atoms with Crippen LogP contribution < -0.4 is 0 Å². The zero-order valence-corrected chi connectivity index (χ0v) is 45.3. The third-order valence-electron chi connectivity index (χ3n) is 15.9. The van der Waals surface area contributed by atoms with E-state index in [1.165, 1.54) is 21.1 Å². The normalized spacial score (nSPS) is 36.3. The molecule has 2 saturated heterocycles. The number of hydrogen-bond acceptors (Lipinski definition) is 16. The highest BCUT2D eigenvalue weighted by Crippen LogP contribution is 2.38. The molecule has 1 saturated carbocycles. The van der Waals surface area contributed by atoms with Gasteiger partial charge < -0.3 is 53.7 Å². The lowest BCUT2D eigenvalue weighted by Gasteiger charge is -2.42. The second-order valence-electron chi connectivity index (χ2n) is 21.8. The minimum absolute atomic E-state index is 0.00697. The minimum Gasteiger partial charge on any atom is -0.460 e. The van der Waals surface area contributed by atoms with Gasteiger partial charge in [-0.15, -0.1) is 0 Å². The van der Waals surface area contributed by atoms with Crippen LogP contribution in [0.15, 0.2) is 47.6 Å². The first-order valence-electron chi connectivity index (χ1n) is 26.4. The molecule has 0 aromatic carbocycles. The molecule has 73 heavy (non-hydrogen) atoms. The van der Waals surface area contributed by atoms with Crippen LogP contribution in [0.25, 0.3) is 0 Å². The Balaban J connectivity index is 1.69. The van der Waals surface area contributed by atoms with Crippen LogP contribution >= 0.6 is 0 Å². The number of carbonyl (C=O) groups is 6. The van der Waals surface area contributed by atoms with Gasteiger partial charge in [-0.3, -0.25) is 24.0 Å². The Morgan fingerprint density at radius 2 is 1.56 bits per heavy atom. The van der Waals surface area contributed by atoms with Gasteiger partial charge in [-0.25, -0.2) is 4.79 Å². The van der Waals surface area contributed by atoms with E-state index in [1.54, 1.807) is 40.9 Å². The first-order chi connectivity index (χ1) is 34.5. The van der Waals surface area contributed by atoms with Gasteiger partial charge in [-0.2, -0.15) is 0 Å². The van der Waals surface area contributed by atoms with Gasteiger partial charge in [-0.05, 0) is 114 Å². The molecule has 4 rings (SSSR count). The van der Waals surface area contributed by atoms with Crippen molar-refractivity contribution in [1.29, 1.82) is 0 Å². The molecule has 0 aromatic rings. The summed E-state index contributed by atoms with van der Waals surface area (Å²) < 4.78 is 35.4. The number of hydrogen-bond donors (Lipinski definition) is 4. The molecule has 4 aliphatic rings. The molecular formula is C56H87NO16. The summed E-state index contributed by atoms with van der Waals surface area (Å²) in [5.41, 5.74) is -0.277. The van der Waals surface area contributed by atoms with Gasteiger partial charge in [0.25, 0.3) is 11.7 Å². The SMILES string of the molecule is CO[C@H]1C[C@@H]2CC[C@@H](C)[C@@](O)(O2)C(=O)C(=O)N2CCCC[C@H]2C(=O)O[C@H]([C@H](C)CC2CC[C@@H](OC(=O)C(C)(CO)CO)[C@H](OC)C2)CC(=O)[C@H](C)/C=C(\C)[C@@H](O)[C@@H](OC)C(=O)[C@H](C)C[C@H](C)/C=C/C=CC=C1C. The number of ether oxygens (including phenoxy) is 6. The highest BCUT2D eigenvalue weighted by Gasteiger charge is 2.53. The van der Waals surface area contributed by atoms with Crippen LogP contribution in [0.4, 0.5) is 0 Å². The second-order valence-corrected chi connectivity index (χ2v) is 21.8. The summed E-state index contributed by atoms with van der Waals surface area (Å²) >= 11 is 0. The van der Waals surface area contributed by atoms with Crippen molar-refractivity contribution < 1.29 is 77.6 Å². The van der Waals surface area contributed by atoms with Gasteiger partial charge in [0.1, 0.15) is 41.7 Å². The van der Waals surface area contributed by atoms with Crippen LogP contribution in [0.2, 0.25) is 0 Å². The molecule has 0 aromatic heterocycles. The molecule has 17 heteroatoms. The number of aliphatic hydroxyl groups excluding tert-OH is 3. The number of ketones is 3. The highest BCUT2D eigenvalue weighted by molar-refractivity contribution is 6.39. The number of esters is 2. The number of amides is 1. The number of carbonyl (C=O) groups excluding carboxylic acids is 6. The van der Waals surface area contributed by atoms with E-state index >= 15 is 0 Å². The van der Waals surface area contributed by atoms with Gasteiger partial charge in [0.05, 0.1) is 31.5 Å². The quantitative estimate of drug-likeness (QED) is 0.116. The Hall–Kier alpha value is -3.94. The minimum atomic E-state index is -2.47. The van der Waals surface area contributed by atoms with Gasteiger partial charge in [0, 0.05) is 58.5 Å². The van der Waals surface area contributed by atoms with Crippen molar-refractivity contribution in [2.24, 2.45) is 40.9 Å². The number of piperidine rings is 1. The largest absolute Gasteiger partial charge is 0.460 e. The van der Waals surface area contributed by atoms with Crippen LogP contribution in [-0.2, 0) is 57.2 Å². The molecular weight excluding hydrogens is 943 g/mol. The van der Waals surface area contributed by atoms with Crippen molar-refractivity contribution in [1.82, 2.24) is 4.90 Å². The van der Waals surface area contributed by atoms with E-state index in [9.17, 15) is 49.2 Å². The molecule has 2 bridgehead atoms. The van der Waals surface area contributed by atoms with Crippen molar-refractivity contribution in [3.05, 3.63) is 47.6 Å². The summed E-state index contributed by atoms with van der Waals surface area (Å²) in [4.78, 5) is 85.4. The van der Waals surface area contributed by atoms with E-state index in [-0.39, 0.29) is 42.8 Å². The Morgan fingerprint density at radius 1 is 0.863 bits per heavy atom. The molecule has 17 nitrogen and oxygen atoms in total. The zero-order chi connectivity index (χ0) is 54.4. The molecule has 0 radical (unpaired) electrons. The molecule has 3 fully saturated rings. The number of rotatable bonds is 10. The van der Waals surface area contributed by atoms with Crippen molar-refractivity contribution in [3.63, 3.8) is 0 Å². The van der Waals surface area contributed by atoms with E-state index in [0.29, 0.717) is 69.8 Å². The molecule has 412 valence electrons. The molecule has 3 heterocycles. The van der Waals surface area contributed by atoms with Gasteiger partial charge in [0.2, 0.25) is 5.79 Å². The third kappa shape index (κ3) is 16.0. The van der Waals surface area contributed by atoms with Crippen LogP contribution in [0.1, 0.15) is 132 Å². The van der Waals surface area contributed by atoms with Crippen molar-refractivity contribution >= 4 is 35.2 Å². The van der Waals surface area contributed by atoms with E-state index in [2.05, 4.69) is 0 Å². The zero-order valence-electron chi connectivity index (χ0n) is 45.3. The maximum atomic E-state index is 14.5. The second kappa shape index (κ2) is 28.3.